The summed E-state index contributed by atoms with van der Waals surface area (Å²) in [5, 5.41) is 0. The second-order valence-electron chi connectivity index (χ2n) is 3.66. The maximum atomic E-state index is 13.5. The predicted molar refractivity (Wildman–Crippen MR) is 67.5 cm³/mol. The van der Waals surface area contributed by atoms with E-state index >= 15 is 0 Å². The topological polar surface area (TPSA) is 51.2 Å². The first-order chi connectivity index (χ1) is 7.74. The van der Waals surface area contributed by atoms with Gasteiger partial charge in [0.1, 0.15) is 5.82 Å². The van der Waals surface area contributed by atoms with Crippen molar-refractivity contribution in [3.05, 3.63) is 35.6 Å². The zero-order valence-corrected chi connectivity index (χ0v) is 11.8. The molecule has 94 valence electrons. The van der Waals surface area contributed by atoms with Gasteiger partial charge in [-0.1, -0.05) is 35.0 Å². The van der Waals surface area contributed by atoms with E-state index in [0.29, 0.717) is 0 Å². The summed E-state index contributed by atoms with van der Waals surface area (Å²) in [6.45, 7) is 1.55. The van der Waals surface area contributed by atoms with Crippen LogP contribution in [0.15, 0.2) is 24.3 Å². The molecule has 3 nitrogen and oxygen atoms in total. The van der Waals surface area contributed by atoms with E-state index in [4.69, 9.17) is 0 Å². The third kappa shape index (κ3) is 2.57. The number of rotatable bonds is 4. The highest BCUT2D eigenvalue weighted by Gasteiger charge is 2.45. The second kappa shape index (κ2) is 4.86. The zero-order chi connectivity index (χ0) is 13.3. The Kier molecular flexibility index (Phi) is 4.09. The van der Waals surface area contributed by atoms with Gasteiger partial charge in [-0.05, 0) is 18.6 Å². The lowest BCUT2D eigenvalue weighted by molar-refractivity contribution is 0.0972. The molecule has 0 saturated carbocycles. The van der Waals surface area contributed by atoms with Gasteiger partial charge in [0.25, 0.3) is 0 Å². The minimum absolute atomic E-state index is 0.0268. The molecule has 1 aromatic rings. The number of ketones is 1. The maximum Gasteiger partial charge on any atom is 0.197 e. The van der Waals surface area contributed by atoms with E-state index in [-0.39, 0.29) is 12.0 Å². The predicted octanol–water partition coefficient (Wildman–Crippen LogP) is 2.55. The molecule has 0 unspecified atom stereocenters. The molecule has 0 bridgehead atoms. The van der Waals surface area contributed by atoms with Gasteiger partial charge in [-0.15, -0.1) is 0 Å². The number of carbonyl (C=O) groups excluding carboxylic acids is 1. The van der Waals surface area contributed by atoms with Gasteiger partial charge in [-0.2, -0.15) is 0 Å². The van der Waals surface area contributed by atoms with Gasteiger partial charge in [0.2, 0.25) is 0 Å². The van der Waals surface area contributed by atoms with Crippen LogP contribution in [0.2, 0.25) is 0 Å². The Balaban J connectivity index is 3.35. The molecule has 17 heavy (non-hydrogen) atoms. The molecule has 0 fully saturated rings. The highest BCUT2D eigenvalue weighted by Crippen LogP contribution is 2.33. The summed E-state index contributed by atoms with van der Waals surface area (Å²) >= 11 is 2.94. The molecule has 0 radical (unpaired) electrons. The van der Waals surface area contributed by atoms with Gasteiger partial charge in [0.15, 0.2) is 19.3 Å². The molecule has 1 rings (SSSR count). The van der Waals surface area contributed by atoms with E-state index in [2.05, 4.69) is 15.9 Å². The summed E-state index contributed by atoms with van der Waals surface area (Å²) in [5.74, 6) is -1.50. The van der Waals surface area contributed by atoms with Crippen LogP contribution in [0.3, 0.4) is 0 Å². The normalized spacial score (nSPS) is 15.3. The molecule has 0 saturated heterocycles. The van der Waals surface area contributed by atoms with Crippen molar-refractivity contribution >= 4 is 31.6 Å². The summed E-state index contributed by atoms with van der Waals surface area (Å²) in [4.78, 5) is 12.1. The largest absolute Gasteiger partial charge is 0.291 e. The van der Waals surface area contributed by atoms with Crippen molar-refractivity contribution in [1.82, 2.24) is 0 Å². The Labute approximate surface area is 108 Å². The first-order valence-electron chi connectivity index (χ1n) is 4.92. The monoisotopic (exact) mass is 322 g/mol. The van der Waals surface area contributed by atoms with Crippen molar-refractivity contribution in [3.8, 4) is 0 Å². The fraction of sp³-hybridized carbons (Fsp3) is 0.364. The lowest BCUT2D eigenvalue weighted by Gasteiger charge is -2.22. The van der Waals surface area contributed by atoms with Crippen molar-refractivity contribution in [2.24, 2.45) is 0 Å². The number of hydrogen-bond donors (Lipinski definition) is 0. The standard InChI is InChI=1S/C11H12BrFO3S/c1-3-11(12,17(2,15)16)10(14)8-6-4-5-7-9(8)13/h4-7H,3H2,1-2H3/t11-/m1/s1. The third-order valence-electron chi connectivity index (χ3n) is 2.50. The van der Waals surface area contributed by atoms with E-state index in [1.54, 1.807) is 6.92 Å². The molecule has 1 aromatic carbocycles. The lowest BCUT2D eigenvalue weighted by atomic mass is 10.1. The van der Waals surface area contributed by atoms with Crippen LogP contribution in [-0.2, 0) is 9.84 Å². The van der Waals surface area contributed by atoms with Gasteiger partial charge in [-0.25, -0.2) is 12.8 Å². The van der Waals surface area contributed by atoms with Gasteiger partial charge in [0.05, 0.1) is 5.56 Å². The Morgan fingerprint density at radius 3 is 2.35 bits per heavy atom. The van der Waals surface area contributed by atoms with Crippen LogP contribution in [0.25, 0.3) is 0 Å². The quantitative estimate of drug-likeness (QED) is 0.632. The average Bonchev–Trinajstić information content (AvgIpc) is 2.26. The number of Topliss-reactive ketones (excluding diaryl/α,β-unsaturated/α-hetero) is 1. The molecule has 0 aliphatic heterocycles. The van der Waals surface area contributed by atoms with Gasteiger partial charge in [0, 0.05) is 6.26 Å². The highest BCUT2D eigenvalue weighted by atomic mass is 79.9. The fourth-order valence-electron chi connectivity index (χ4n) is 1.44. The molecular weight excluding hydrogens is 311 g/mol. The number of sulfone groups is 1. The van der Waals surface area contributed by atoms with E-state index in [1.807, 2.05) is 0 Å². The second-order valence-corrected chi connectivity index (χ2v) is 7.78. The average molecular weight is 323 g/mol. The Morgan fingerprint density at radius 1 is 1.41 bits per heavy atom. The Bertz CT molecular complexity index is 541. The van der Waals surface area contributed by atoms with Crippen LogP contribution < -0.4 is 0 Å². The van der Waals surface area contributed by atoms with E-state index in [0.717, 1.165) is 12.3 Å². The van der Waals surface area contributed by atoms with Crippen molar-refractivity contribution in [1.29, 1.82) is 0 Å². The first kappa shape index (κ1) is 14.3. The number of benzene rings is 1. The lowest BCUT2D eigenvalue weighted by Crippen LogP contribution is -2.39. The Morgan fingerprint density at radius 2 is 1.94 bits per heavy atom. The SMILES string of the molecule is CC[C@](Br)(C(=O)c1ccccc1F)S(C)(=O)=O. The summed E-state index contributed by atoms with van der Waals surface area (Å²) in [7, 11) is -3.68. The van der Waals surface area contributed by atoms with Crippen LogP contribution in [0.1, 0.15) is 23.7 Å². The molecule has 0 heterocycles. The summed E-state index contributed by atoms with van der Waals surface area (Å²) in [6, 6.07) is 5.32. The minimum atomic E-state index is -3.68. The summed E-state index contributed by atoms with van der Waals surface area (Å²) in [6.07, 6.45) is 0.975. The van der Waals surface area contributed by atoms with Crippen LogP contribution in [0.5, 0.6) is 0 Å². The van der Waals surface area contributed by atoms with Crippen LogP contribution in [-0.4, -0.2) is 24.1 Å². The number of carbonyl (C=O) groups is 1. The summed E-state index contributed by atoms with van der Waals surface area (Å²) < 4.78 is 34.9. The van der Waals surface area contributed by atoms with Crippen molar-refractivity contribution in [3.63, 3.8) is 0 Å². The first-order valence-corrected chi connectivity index (χ1v) is 7.60. The van der Waals surface area contributed by atoms with Crippen LogP contribution in [0, 0.1) is 5.82 Å². The molecule has 0 aliphatic carbocycles. The molecule has 6 heteroatoms. The summed E-state index contributed by atoms with van der Waals surface area (Å²) in [5.41, 5.74) is -0.225. The third-order valence-corrected chi connectivity index (χ3v) is 6.83. The van der Waals surface area contributed by atoms with E-state index < -0.39 is 25.1 Å². The molecule has 0 aliphatic rings. The number of hydrogen-bond acceptors (Lipinski definition) is 3. The molecular formula is C11H12BrFO3S. The van der Waals surface area contributed by atoms with Crippen molar-refractivity contribution in [2.45, 2.75) is 17.0 Å². The van der Waals surface area contributed by atoms with Crippen LogP contribution in [0.4, 0.5) is 4.39 Å². The Hall–Kier alpha value is -0.750. The van der Waals surface area contributed by atoms with E-state index in [9.17, 15) is 17.6 Å². The fourth-order valence-corrected chi connectivity index (χ4v) is 2.62. The van der Waals surface area contributed by atoms with Gasteiger partial charge >= 0.3 is 0 Å². The molecule has 0 aromatic heterocycles. The minimum Gasteiger partial charge on any atom is -0.291 e. The maximum absolute atomic E-state index is 13.5. The van der Waals surface area contributed by atoms with E-state index in [1.165, 1.54) is 18.2 Å². The van der Waals surface area contributed by atoms with Gasteiger partial charge < -0.3 is 0 Å². The van der Waals surface area contributed by atoms with Crippen molar-refractivity contribution in [2.75, 3.05) is 6.26 Å². The van der Waals surface area contributed by atoms with Crippen LogP contribution >= 0.6 is 15.9 Å². The van der Waals surface area contributed by atoms with Gasteiger partial charge in [-0.3, -0.25) is 4.79 Å². The highest BCUT2D eigenvalue weighted by molar-refractivity contribution is 9.12. The smallest absolute Gasteiger partial charge is 0.197 e. The molecule has 0 amide bonds. The number of halogens is 2. The molecule has 0 spiro atoms. The zero-order valence-electron chi connectivity index (χ0n) is 9.41. The number of alkyl halides is 1. The molecule has 0 N–H and O–H groups in total. The van der Waals surface area contributed by atoms with Crippen molar-refractivity contribution < 1.29 is 17.6 Å². The molecule has 1 atom stereocenters.